The fourth-order valence-electron chi connectivity index (χ4n) is 1.67. The highest BCUT2D eigenvalue weighted by molar-refractivity contribution is 4.90. The molecule has 0 bridgehead atoms. The highest BCUT2D eigenvalue weighted by Gasteiger charge is 2.43. The summed E-state index contributed by atoms with van der Waals surface area (Å²) >= 11 is 0. The van der Waals surface area contributed by atoms with E-state index in [2.05, 4.69) is 27.7 Å². The van der Waals surface area contributed by atoms with E-state index in [0.29, 0.717) is 5.41 Å². The number of hydrogen-bond acceptors (Lipinski definition) is 1. The van der Waals surface area contributed by atoms with Crippen LogP contribution < -0.4 is 0 Å². The van der Waals surface area contributed by atoms with Crippen LogP contribution >= 0.6 is 0 Å². The third kappa shape index (κ3) is 2.01. The molecule has 1 heteroatoms. The fourth-order valence-corrected chi connectivity index (χ4v) is 1.67. The van der Waals surface area contributed by atoms with Gasteiger partial charge in [0.2, 0.25) is 0 Å². The van der Waals surface area contributed by atoms with Gasteiger partial charge in [-0.3, -0.25) is 0 Å². The Balaban J connectivity index is 0.000000561. The third-order valence-electron chi connectivity index (χ3n) is 3.04. The van der Waals surface area contributed by atoms with E-state index in [1.807, 2.05) is 13.8 Å². The summed E-state index contributed by atoms with van der Waals surface area (Å²) in [5.41, 5.74) is 0.500. The van der Waals surface area contributed by atoms with Crippen molar-refractivity contribution in [2.75, 3.05) is 13.2 Å². The Morgan fingerprint density at radius 1 is 0.917 bits per heavy atom. The minimum atomic E-state index is 0.500. The van der Waals surface area contributed by atoms with Crippen molar-refractivity contribution in [1.29, 1.82) is 0 Å². The highest BCUT2D eigenvalue weighted by atomic mass is 16.5. The second-order valence-corrected chi connectivity index (χ2v) is 4.04. The molecule has 0 radical (unpaired) electrons. The molecule has 1 aliphatic rings. The van der Waals surface area contributed by atoms with Crippen molar-refractivity contribution in [3.63, 3.8) is 0 Å². The van der Waals surface area contributed by atoms with Crippen molar-refractivity contribution in [3.05, 3.63) is 0 Å². The Morgan fingerprint density at radius 2 is 1.25 bits per heavy atom. The summed E-state index contributed by atoms with van der Waals surface area (Å²) in [7, 11) is 0. The molecule has 74 valence electrons. The number of hydrogen-bond donors (Lipinski definition) is 0. The Hall–Kier alpha value is -0.0400. The molecule has 1 heterocycles. The summed E-state index contributed by atoms with van der Waals surface area (Å²) in [5, 5.41) is 0. The van der Waals surface area contributed by atoms with Crippen LogP contribution in [0.2, 0.25) is 0 Å². The van der Waals surface area contributed by atoms with Crippen LogP contribution in [0.5, 0.6) is 0 Å². The molecule has 0 N–H and O–H groups in total. The van der Waals surface area contributed by atoms with Gasteiger partial charge in [-0.25, -0.2) is 0 Å². The molecule has 0 atom stereocenters. The van der Waals surface area contributed by atoms with Crippen LogP contribution in [-0.4, -0.2) is 13.2 Å². The Labute approximate surface area is 77.5 Å². The van der Waals surface area contributed by atoms with Gasteiger partial charge >= 0.3 is 0 Å². The molecule has 1 rings (SSSR count). The molecule has 0 aromatic rings. The first-order valence-electron chi connectivity index (χ1n) is 5.17. The van der Waals surface area contributed by atoms with Gasteiger partial charge in [0.15, 0.2) is 0 Å². The Kier molecular flexibility index (Phi) is 4.84. The molecule has 0 amide bonds. The van der Waals surface area contributed by atoms with Crippen LogP contribution in [0.4, 0.5) is 0 Å². The largest absolute Gasteiger partial charge is 0.380 e. The van der Waals surface area contributed by atoms with Gasteiger partial charge in [-0.1, -0.05) is 41.5 Å². The number of rotatable bonds is 2. The maximum atomic E-state index is 5.26. The maximum absolute atomic E-state index is 5.26. The van der Waals surface area contributed by atoms with Crippen molar-refractivity contribution in [3.8, 4) is 0 Å². The Morgan fingerprint density at radius 3 is 1.25 bits per heavy atom. The monoisotopic (exact) mass is 172 g/mol. The first-order chi connectivity index (χ1) is 5.59. The summed E-state index contributed by atoms with van der Waals surface area (Å²) in [6.45, 7) is 15.1. The van der Waals surface area contributed by atoms with Crippen LogP contribution in [0.25, 0.3) is 0 Å². The summed E-state index contributed by atoms with van der Waals surface area (Å²) in [6, 6.07) is 0. The molecule has 0 aliphatic carbocycles. The lowest BCUT2D eigenvalue weighted by Gasteiger charge is -2.48. The lowest BCUT2D eigenvalue weighted by atomic mass is 9.67. The van der Waals surface area contributed by atoms with Gasteiger partial charge in [0.05, 0.1) is 13.2 Å². The van der Waals surface area contributed by atoms with Gasteiger partial charge in [0.1, 0.15) is 0 Å². The van der Waals surface area contributed by atoms with Crippen LogP contribution in [0.1, 0.15) is 41.5 Å². The smallest absolute Gasteiger partial charge is 0.0549 e. The van der Waals surface area contributed by atoms with E-state index < -0.39 is 0 Å². The van der Waals surface area contributed by atoms with E-state index in [4.69, 9.17) is 4.74 Å². The van der Waals surface area contributed by atoms with Crippen molar-refractivity contribution >= 4 is 0 Å². The van der Waals surface area contributed by atoms with E-state index in [0.717, 1.165) is 25.0 Å². The zero-order chi connectivity index (χ0) is 9.78. The van der Waals surface area contributed by atoms with Crippen LogP contribution in [0.3, 0.4) is 0 Å². The SMILES string of the molecule is CC.CC(C)C1(C(C)C)COC1. The van der Waals surface area contributed by atoms with Crippen LogP contribution in [0, 0.1) is 17.3 Å². The van der Waals surface area contributed by atoms with Crippen molar-refractivity contribution < 1.29 is 4.74 Å². The van der Waals surface area contributed by atoms with Crippen molar-refractivity contribution in [1.82, 2.24) is 0 Å². The van der Waals surface area contributed by atoms with Crippen LogP contribution in [0.15, 0.2) is 0 Å². The molecule has 0 aromatic carbocycles. The molecule has 1 nitrogen and oxygen atoms in total. The quantitative estimate of drug-likeness (QED) is 0.620. The molecular weight excluding hydrogens is 148 g/mol. The summed E-state index contributed by atoms with van der Waals surface area (Å²) in [4.78, 5) is 0. The van der Waals surface area contributed by atoms with E-state index in [1.165, 1.54) is 0 Å². The Bertz CT molecular complexity index is 102. The van der Waals surface area contributed by atoms with E-state index in [1.54, 1.807) is 0 Å². The van der Waals surface area contributed by atoms with Gasteiger partial charge in [-0.15, -0.1) is 0 Å². The summed E-state index contributed by atoms with van der Waals surface area (Å²) < 4.78 is 5.26. The second-order valence-electron chi connectivity index (χ2n) is 4.04. The minimum absolute atomic E-state index is 0.500. The zero-order valence-electron chi connectivity index (χ0n) is 9.48. The predicted octanol–water partition coefficient (Wildman–Crippen LogP) is 3.34. The normalized spacial score (nSPS) is 20.0. The topological polar surface area (TPSA) is 9.23 Å². The minimum Gasteiger partial charge on any atom is -0.380 e. The van der Waals surface area contributed by atoms with E-state index >= 15 is 0 Å². The molecule has 1 saturated heterocycles. The first-order valence-corrected chi connectivity index (χ1v) is 5.17. The van der Waals surface area contributed by atoms with Gasteiger partial charge in [0.25, 0.3) is 0 Å². The van der Waals surface area contributed by atoms with Gasteiger partial charge in [-0.05, 0) is 11.8 Å². The van der Waals surface area contributed by atoms with E-state index in [9.17, 15) is 0 Å². The zero-order valence-corrected chi connectivity index (χ0v) is 9.48. The van der Waals surface area contributed by atoms with Crippen molar-refractivity contribution in [2.45, 2.75) is 41.5 Å². The molecule has 0 saturated carbocycles. The molecule has 0 aromatic heterocycles. The molecule has 0 spiro atoms. The molecular formula is C11H24O. The predicted molar refractivity (Wildman–Crippen MR) is 54.3 cm³/mol. The lowest BCUT2D eigenvalue weighted by Crippen LogP contribution is -2.50. The van der Waals surface area contributed by atoms with Gasteiger partial charge in [0, 0.05) is 5.41 Å². The van der Waals surface area contributed by atoms with Gasteiger partial charge < -0.3 is 4.74 Å². The molecule has 0 unspecified atom stereocenters. The average Bonchev–Trinajstić information content (AvgIpc) is 1.87. The third-order valence-corrected chi connectivity index (χ3v) is 3.04. The standard InChI is InChI=1S/C9H18O.C2H6/c1-7(2)9(8(3)4)5-10-6-9;1-2/h7-8H,5-6H2,1-4H3;1-2H3. The average molecular weight is 172 g/mol. The second kappa shape index (κ2) is 4.86. The molecule has 12 heavy (non-hydrogen) atoms. The van der Waals surface area contributed by atoms with Gasteiger partial charge in [-0.2, -0.15) is 0 Å². The van der Waals surface area contributed by atoms with Crippen molar-refractivity contribution in [2.24, 2.45) is 17.3 Å². The van der Waals surface area contributed by atoms with E-state index in [-0.39, 0.29) is 0 Å². The summed E-state index contributed by atoms with van der Waals surface area (Å²) in [6.07, 6.45) is 0. The maximum Gasteiger partial charge on any atom is 0.0549 e. The lowest BCUT2D eigenvalue weighted by molar-refractivity contribution is -0.164. The first kappa shape index (κ1) is 12.0. The number of ether oxygens (including phenoxy) is 1. The highest BCUT2D eigenvalue weighted by Crippen LogP contribution is 2.42. The van der Waals surface area contributed by atoms with Crippen LogP contribution in [-0.2, 0) is 4.74 Å². The summed E-state index contributed by atoms with van der Waals surface area (Å²) in [5.74, 6) is 1.53. The molecule has 1 fully saturated rings. The fraction of sp³-hybridized carbons (Fsp3) is 1.00. The molecule has 1 aliphatic heterocycles.